The van der Waals surface area contributed by atoms with E-state index < -0.39 is 5.97 Å². The lowest BCUT2D eigenvalue weighted by Crippen LogP contribution is -2.28. The lowest BCUT2D eigenvalue weighted by Gasteiger charge is -2.17. The van der Waals surface area contributed by atoms with Crippen molar-refractivity contribution < 1.29 is 9.90 Å². The van der Waals surface area contributed by atoms with Gasteiger partial charge in [0.2, 0.25) is 0 Å². The number of pyridine rings is 1. The highest BCUT2D eigenvalue weighted by atomic mass is 16.4. The minimum Gasteiger partial charge on any atom is -0.477 e. The third-order valence-corrected chi connectivity index (χ3v) is 3.25. The van der Waals surface area contributed by atoms with Crippen LogP contribution in [0.4, 0.5) is 0 Å². The van der Waals surface area contributed by atoms with E-state index in [0.717, 1.165) is 25.7 Å². The number of hydrogen-bond donors (Lipinski definition) is 1. The van der Waals surface area contributed by atoms with Crippen molar-refractivity contribution in [2.24, 2.45) is 5.92 Å². The highest BCUT2D eigenvalue weighted by Gasteiger charge is 2.14. The normalized spacial score (nSPS) is 12.3. The fraction of sp³-hybridized carbons (Fsp3) is 0.571. The van der Waals surface area contributed by atoms with Crippen LogP contribution in [0.1, 0.15) is 50.0 Å². The van der Waals surface area contributed by atoms with Crippen molar-refractivity contribution >= 4 is 5.97 Å². The summed E-state index contributed by atoms with van der Waals surface area (Å²) >= 11 is 0. The summed E-state index contributed by atoms with van der Waals surface area (Å²) in [5.41, 5.74) is -0.151. The first-order valence-electron chi connectivity index (χ1n) is 6.53. The van der Waals surface area contributed by atoms with Crippen LogP contribution in [0, 0.1) is 5.92 Å². The summed E-state index contributed by atoms with van der Waals surface area (Å²) in [4.78, 5) is 22.9. The zero-order valence-electron chi connectivity index (χ0n) is 11.1. The van der Waals surface area contributed by atoms with Gasteiger partial charge in [0.15, 0.2) is 0 Å². The second kappa shape index (κ2) is 6.99. The van der Waals surface area contributed by atoms with Crippen LogP contribution >= 0.6 is 0 Å². The molecule has 0 fully saturated rings. The van der Waals surface area contributed by atoms with Gasteiger partial charge in [0.25, 0.3) is 5.56 Å². The van der Waals surface area contributed by atoms with Crippen molar-refractivity contribution in [3.05, 3.63) is 34.2 Å². The van der Waals surface area contributed by atoms with E-state index >= 15 is 0 Å². The van der Waals surface area contributed by atoms with Crippen LogP contribution in [-0.4, -0.2) is 15.6 Å². The highest BCUT2D eigenvalue weighted by molar-refractivity contribution is 5.85. The number of rotatable bonds is 7. The molecule has 1 rings (SSSR count). The van der Waals surface area contributed by atoms with Gasteiger partial charge in [-0.2, -0.15) is 0 Å². The van der Waals surface area contributed by atoms with E-state index in [4.69, 9.17) is 5.11 Å². The lowest BCUT2D eigenvalue weighted by atomic mass is 9.99. The van der Waals surface area contributed by atoms with E-state index in [9.17, 15) is 9.59 Å². The lowest BCUT2D eigenvalue weighted by molar-refractivity contribution is 0.0681. The van der Waals surface area contributed by atoms with Crippen LogP contribution in [0.25, 0.3) is 0 Å². The predicted molar refractivity (Wildman–Crippen MR) is 71.0 cm³/mol. The number of aromatic carboxylic acids is 1. The van der Waals surface area contributed by atoms with E-state index in [1.165, 1.54) is 22.8 Å². The Kier molecular flexibility index (Phi) is 5.62. The molecule has 0 aliphatic rings. The Morgan fingerprint density at radius 3 is 2.67 bits per heavy atom. The van der Waals surface area contributed by atoms with E-state index in [-0.39, 0.29) is 11.3 Å². The minimum absolute atomic E-state index is 0.0810. The maximum absolute atomic E-state index is 11.8. The van der Waals surface area contributed by atoms with Crippen molar-refractivity contribution in [1.82, 2.24) is 4.57 Å². The van der Waals surface area contributed by atoms with E-state index in [1.54, 1.807) is 0 Å². The molecule has 0 aliphatic heterocycles. The van der Waals surface area contributed by atoms with Crippen molar-refractivity contribution in [2.75, 3.05) is 0 Å². The maximum Gasteiger partial charge on any atom is 0.352 e. The summed E-state index contributed by atoms with van der Waals surface area (Å²) in [5, 5.41) is 9.09. The second-order valence-corrected chi connectivity index (χ2v) is 4.58. The fourth-order valence-corrected chi connectivity index (χ4v) is 2.07. The summed E-state index contributed by atoms with van der Waals surface area (Å²) in [7, 11) is 0. The van der Waals surface area contributed by atoms with Gasteiger partial charge in [0, 0.05) is 12.6 Å². The van der Waals surface area contributed by atoms with Crippen molar-refractivity contribution in [2.45, 2.75) is 46.1 Å². The zero-order chi connectivity index (χ0) is 13.5. The van der Waals surface area contributed by atoms with Gasteiger partial charge in [-0.25, -0.2) is 4.79 Å². The first-order chi connectivity index (χ1) is 8.60. The Hall–Kier alpha value is -1.58. The van der Waals surface area contributed by atoms with Crippen LogP contribution in [0.2, 0.25) is 0 Å². The first kappa shape index (κ1) is 14.5. The summed E-state index contributed by atoms with van der Waals surface area (Å²) in [6.07, 6.45) is 4.22. The van der Waals surface area contributed by atoms with E-state index in [2.05, 4.69) is 13.8 Å². The molecule has 0 amide bonds. The number of carboxylic acids is 1. The summed E-state index contributed by atoms with van der Waals surface area (Å²) < 4.78 is 1.38. The van der Waals surface area contributed by atoms with Gasteiger partial charge >= 0.3 is 5.97 Å². The molecule has 0 saturated heterocycles. The molecular weight excluding hydrogens is 230 g/mol. The molecule has 0 aliphatic carbocycles. The standard InChI is InChI=1S/C14H21NO3/c1-3-5-7-11(4-2)10-15-12(14(17)18)8-6-9-13(15)16/h6,8-9,11H,3-5,7,10H2,1-2H3,(H,17,18). The Morgan fingerprint density at radius 1 is 1.39 bits per heavy atom. The third kappa shape index (κ3) is 3.72. The molecule has 4 heteroatoms. The van der Waals surface area contributed by atoms with Crippen molar-refractivity contribution in [3.63, 3.8) is 0 Å². The Labute approximate surface area is 107 Å². The maximum atomic E-state index is 11.8. The van der Waals surface area contributed by atoms with Gasteiger partial charge in [0.1, 0.15) is 5.69 Å². The van der Waals surface area contributed by atoms with Gasteiger partial charge in [-0.05, 0) is 18.4 Å². The number of carboxylic acid groups (broad SMARTS) is 1. The molecule has 1 N–H and O–H groups in total. The number of nitrogens with zero attached hydrogens (tertiary/aromatic N) is 1. The Bertz CT molecular complexity index is 451. The van der Waals surface area contributed by atoms with Crippen LogP contribution in [-0.2, 0) is 6.54 Å². The highest BCUT2D eigenvalue weighted by Crippen LogP contribution is 2.15. The molecule has 1 heterocycles. The molecule has 0 saturated carbocycles. The number of hydrogen-bond acceptors (Lipinski definition) is 2. The molecule has 100 valence electrons. The smallest absolute Gasteiger partial charge is 0.352 e. The summed E-state index contributed by atoms with van der Waals surface area (Å²) in [6, 6.07) is 4.39. The Morgan fingerprint density at radius 2 is 2.11 bits per heavy atom. The van der Waals surface area contributed by atoms with Gasteiger partial charge in [-0.15, -0.1) is 0 Å². The molecular formula is C14H21NO3. The van der Waals surface area contributed by atoms with Crippen molar-refractivity contribution in [3.8, 4) is 0 Å². The minimum atomic E-state index is -1.04. The van der Waals surface area contributed by atoms with E-state index in [0.29, 0.717) is 12.5 Å². The van der Waals surface area contributed by atoms with Crippen LogP contribution in [0.3, 0.4) is 0 Å². The summed E-state index contributed by atoms with van der Waals surface area (Å²) in [6.45, 7) is 4.70. The third-order valence-electron chi connectivity index (χ3n) is 3.25. The molecule has 1 unspecified atom stereocenters. The molecule has 0 aromatic carbocycles. The van der Waals surface area contributed by atoms with Gasteiger partial charge in [-0.1, -0.05) is 39.2 Å². The van der Waals surface area contributed by atoms with Gasteiger partial charge in [-0.3, -0.25) is 4.79 Å². The molecule has 1 aromatic heterocycles. The molecule has 0 bridgehead atoms. The Balaban J connectivity index is 2.94. The van der Waals surface area contributed by atoms with Gasteiger partial charge in [0.05, 0.1) is 0 Å². The molecule has 18 heavy (non-hydrogen) atoms. The average molecular weight is 251 g/mol. The summed E-state index contributed by atoms with van der Waals surface area (Å²) in [5.74, 6) is -0.679. The van der Waals surface area contributed by atoms with Gasteiger partial charge < -0.3 is 9.67 Å². The second-order valence-electron chi connectivity index (χ2n) is 4.58. The largest absolute Gasteiger partial charge is 0.477 e. The molecule has 1 atom stereocenters. The zero-order valence-corrected chi connectivity index (χ0v) is 11.1. The molecule has 1 aromatic rings. The monoisotopic (exact) mass is 251 g/mol. The topological polar surface area (TPSA) is 59.3 Å². The van der Waals surface area contributed by atoms with Crippen molar-refractivity contribution in [1.29, 1.82) is 0 Å². The number of aromatic nitrogens is 1. The first-order valence-corrected chi connectivity index (χ1v) is 6.53. The number of carbonyl (C=O) groups is 1. The predicted octanol–water partition coefficient (Wildman–Crippen LogP) is 2.76. The quantitative estimate of drug-likeness (QED) is 0.810. The molecule has 0 radical (unpaired) electrons. The fourth-order valence-electron chi connectivity index (χ4n) is 2.07. The molecule has 4 nitrogen and oxygen atoms in total. The van der Waals surface area contributed by atoms with Crippen LogP contribution in [0.5, 0.6) is 0 Å². The van der Waals surface area contributed by atoms with Crippen LogP contribution < -0.4 is 5.56 Å². The molecule has 0 spiro atoms. The van der Waals surface area contributed by atoms with Crippen LogP contribution in [0.15, 0.2) is 23.0 Å². The SMILES string of the molecule is CCCCC(CC)Cn1c(C(=O)O)cccc1=O. The number of unbranched alkanes of at least 4 members (excludes halogenated alkanes) is 1. The average Bonchev–Trinajstić information content (AvgIpc) is 2.35. The van der Waals surface area contributed by atoms with E-state index in [1.807, 2.05) is 0 Å².